The number of hydrogen-bond acceptors (Lipinski definition) is 4. The maximum Gasteiger partial charge on any atom is 0.238 e. The minimum absolute atomic E-state index is 0.166. The number of nitrogens with one attached hydrogen (secondary N) is 1. The predicted octanol–water partition coefficient (Wildman–Crippen LogP) is 1.99. The van der Waals surface area contributed by atoms with Crippen molar-refractivity contribution in [1.29, 1.82) is 0 Å². The van der Waals surface area contributed by atoms with Crippen LogP contribution >= 0.6 is 11.6 Å². The maximum absolute atomic E-state index is 12.0. The van der Waals surface area contributed by atoms with E-state index in [-0.39, 0.29) is 12.5 Å². The Bertz CT molecular complexity index is 472. The SMILES string of the molecule is COc1ccc(Cl)cc1NC(=O)CN(C)CC(C)(C)O. The second kappa shape index (κ2) is 6.92. The van der Waals surface area contributed by atoms with Crippen molar-refractivity contribution in [3.05, 3.63) is 23.2 Å². The van der Waals surface area contributed by atoms with Crippen molar-refractivity contribution in [2.45, 2.75) is 19.4 Å². The molecule has 112 valence electrons. The van der Waals surface area contributed by atoms with E-state index >= 15 is 0 Å². The van der Waals surface area contributed by atoms with Crippen molar-refractivity contribution in [2.75, 3.05) is 32.6 Å². The number of amides is 1. The summed E-state index contributed by atoms with van der Waals surface area (Å²) in [6, 6.07) is 5.02. The number of anilines is 1. The highest BCUT2D eigenvalue weighted by Crippen LogP contribution is 2.27. The monoisotopic (exact) mass is 300 g/mol. The lowest BCUT2D eigenvalue weighted by molar-refractivity contribution is -0.117. The number of halogens is 1. The summed E-state index contributed by atoms with van der Waals surface area (Å²) in [5, 5.41) is 13.0. The Morgan fingerprint density at radius 2 is 2.15 bits per heavy atom. The van der Waals surface area contributed by atoms with Crippen LogP contribution in [-0.4, -0.2) is 48.8 Å². The smallest absolute Gasteiger partial charge is 0.238 e. The molecule has 1 aromatic rings. The number of nitrogens with zero attached hydrogens (tertiary/aromatic N) is 1. The van der Waals surface area contributed by atoms with Crippen molar-refractivity contribution in [3.63, 3.8) is 0 Å². The molecule has 20 heavy (non-hydrogen) atoms. The summed E-state index contributed by atoms with van der Waals surface area (Å²) in [5.74, 6) is 0.352. The first kappa shape index (κ1) is 16.8. The Hall–Kier alpha value is -1.30. The Kier molecular flexibility index (Phi) is 5.80. The molecule has 0 aromatic heterocycles. The van der Waals surface area contributed by atoms with Crippen LogP contribution in [0.25, 0.3) is 0 Å². The van der Waals surface area contributed by atoms with E-state index in [1.54, 1.807) is 44.0 Å². The lowest BCUT2D eigenvalue weighted by Crippen LogP contribution is -2.40. The fourth-order valence-corrected chi connectivity index (χ4v) is 2.10. The third-order valence-electron chi connectivity index (χ3n) is 2.51. The van der Waals surface area contributed by atoms with Gasteiger partial charge in [-0.15, -0.1) is 0 Å². The number of rotatable bonds is 6. The van der Waals surface area contributed by atoms with Crippen LogP contribution in [0.2, 0.25) is 5.02 Å². The van der Waals surface area contributed by atoms with Crippen LogP contribution in [0.1, 0.15) is 13.8 Å². The molecular weight excluding hydrogens is 280 g/mol. The van der Waals surface area contributed by atoms with Crippen LogP contribution < -0.4 is 10.1 Å². The van der Waals surface area contributed by atoms with E-state index in [0.29, 0.717) is 23.0 Å². The van der Waals surface area contributed by atoms with Crippen molar-refractivity contribution >= 4 is 23.2 Å². The van der Waals surface area contributed by atoms with Gasteiger partial charge in [0.2, 0.25) is 5.91 Å². The molecule has 1 rings (SSSR count). The summed E-state index contributed by atoms with van der Waals surface area (Å²) in [4.78, 5) is 13.7. The van der Waals surface area contributed by atoms with E-state index in [4.69, 9.17) is 16.3 Å². The molecule has 6 heteroatoms. The summed E-state index contributed by atoms with van der Waals surface area (Å²) in [5.41, 5.74) is -0.315. The molecule has 0 aliphatic carbocycles. The fraction of sp³-hybridized carbons (Fsp3) is 0.500. The number of hydrogen-bond donors (Lipinski definition) is 2. The van der Waals surface area contributed by atoms with Crippen molar-refractivity contribution in [1.82, 2.24) is 4.90 Å². The largest absolute Gasteiger partial charge is 0.495 e. The minimum Gasteiger partial charge on any atom is -0.495 e. The molecule has 0 radical (unpaired) electrons. The van der Waals surface area contributed by atoms with Crippen LogP contribution in [0.15, 0.2) is 18.2 Å². The minimum atomic E-state index is -0.844. The van der Waals surface area contributed by atoms with Gasteiger partial charge >= 0.3 is 0 Å². The van der Waals surface area contributed by atoms with Gasteiger partial charge in [-0.05, 0) is 39.1 Å². The van der Waals surface area contributed by atoms with Gasteiger partial charge in [0.25, 0.3) is 0 Å². The van der Waals surface area contributed by atoms with Gasteiger partial charge in [0, 0.05) is 11.6 Å². The highest BCUT2D eigenvalue weighted by Gasteiger charge is 2.18. The van der Waals surface area contributed by atoms with Gasteiger partial charge in [-0.25, -0.2) is 0 Å². The summed E-state index contributed by atoms with van der Waals surface area (Å²) >= 11 is 5.90. The maximum atomic E-state index is 12.0. The highest BCUT2D eigenvalue weighted by atomic mass is 35.5. The van der Waals surface area contributed by atoms with E-state index in [0.717, 1.165) is 0 Å². The highest BCUT2D eigenvalue weighted by molar-refractivity contribution is 6.31. The number of carbonyl (C=O) groups is 1. The average molecular weight is 301 g/mol. The molecule has 5 nitrogen and oxygen atoms in total. The molecule has 0 bridgehead atoms. The molecule has 0 heterocycles. The Morgan fingerprint density at radius 1 is 1.50 bits per heavy atom. The van der Waals surface area contributed by atoms with Gasteiger partial charge in [-0.2, -0.15) is 0 Å². The molecule has 0 aliphatic rings. The zero-order valence-electron chi connectivity index (χ0n) is 12.2. The van der Waals surface area contributed by atoms with E-state index in [1.165, 1.54) is 7.11 Å². The molecule has 0 saturated carbocycles. The molecular formula is C14H21ClN2O3. The first-order valence-corrected chi connectivity index (χ1v) is 6.63. The van der Waals surface area contributed by atoms with Gasteiger partial charge < -0.3 is 15.2 Å². The van der Waals surface area contributed by atoms with Gasteiger partial charge in [-0.1, -0.05) is 11.6 Å². The summed E-state index contributed by atoms with van der Waals surface area (Å²) in [6.45, 7) is 3.95. The van der Waals surface area contributed by atoms with Crippen LogP contribution in [0.5, 0.6) is 5.75 Å². The Balaban J connectivity index is 2.65. The second-order valence-corrected chi connectivity index (χ2v) is 5.81. The lowest BCUT2D eigenvalue weighted by atomic mass is 10.1. The summed E-state index contributed by atoms with van der Waals surface area (Å²) < 4.78 is 5.16. The molecule has 1 aromatic carbocycles. The molecule has 0 unspecified atom stereocenters. The molecule has 2 N–H and O–H groups in total. The molecule has 1 amide bonds. The standard InChI is InChI=1S/C14H21ClN2O3/c1-14(2,19)9-17(3)8-13(18)16-11-7-10(15)5-6-12(11)20-4/h5-7,19H,8-9H2,1-4H3,(H,16,18). The number of aliphatic hydroxyl groups is 1. The first-order chi connectivity index (χ1) is 9.21. The number of benzene rings is 1. The predicted molar refractivity (Wildman–Crippen MR) is 80.4 cm³/mol. The van der Waals surface area contributed by atoms with E-state index < -0.39 is 5.60 Å². The van der Waals surface area contributed by atoms with Crippen LogP contribution in [0.3, 0.4) is 0 Å². The molecule has 0 aliphatic heterocycles. The lowest BCUT2D eigenvalue weighted by Gasteiger charge is -2.25. The van der Waals surface area contributed by atoms with Crippen LogP contribution in [0.4, 0.5) is 5.69 Å². The molecule has 0 saturated heterocycles. The van der Waals surface area contributed by atoms with Gasteiger partial charge in [0.15, 0.2) is 0 Å². The van der Waals surface area contributed by atoms with Crippen molar-refractivity contribution in [3.8, 4) is 5.75 Å². The Morgan fingerprint density at radius 3 is 2.70 bits per heavy atom. The van der Waals surface area contributed by atoms with Gasteiger partial charge in [-0.3, -0.25) is 9.69 Å². The number of carbonyl (C=O) groups excluding carboxylic acids is 1. The second-order valence-electron chi connectivity index (χ2n) is 5.38. The van der Waals surface area contributed by atoms with Crippen LogP contribution in [0, 0.1) is 0 Å². The van der Waals surface area contributed by atoms with E-state index in [1.807, 2.05) is 0 Å². The normalized spacial score (nSPS) is 11.6. The quantitative estimate of drug-likeness (QED) is 0.843. The summed E-state index contributed by atoms with van der Waals surface area (Å²) in [7, 11) is 3.30. The van der Waals surface area contributed by atoms with Gasteiger partial charge in [0.1, 0.15) is 5.75 Å². The number of methoxy groups -OCH3 is 1. The average Bonchev–Trinajstić information content (AvgIpc) is 2.26. The Labute approximate surface area is 124 Å². The van der Waals surface area contributed by atoms with Crippen molar-refractivity contribution < 1.29 is 14.6 Å². The molecule has 0 atom stereocenters. The van der Waals surface area contributed by atoms with Gasteiger partial charge in [0.05, 0.1) is 24.9 Å². The van der Waals surface area contributed by atoms with Crippen molar-refractivity contribution in [2.24, 2.45) is 0 Å². The van der Waals surface area contributed by atoms with E-state index in [2.05, 4.69) is 5.32 Å². The number of ether oxygens (including phenoxy) is 1. The zero-order chi connectivity index (χ0) is 15.3. The first-order valence-electron chi connectivity index (χ1n) is 6.25. The summed E-state index contributed by atoms with van der Waals surface area (Å²) in [6.07, 6.45) is 0. The fourth-order valence-electron chi connectivity index (χ4n) is 1.93. The number of likely N-dealkylation sites (N-methyl/N-ethyl adjacent to an activating group) is 1. The van der Waals surface area contributed by atoms with E-state index in [9.17, 15) is 9.90 Å². The molecule has 0 fully saturated rings. The third-order valence-corrected chi connectivity index (χ3v) is 2.74. The third kappa shape index (κ3) is 5.77. The van der Waals surface area contributed by atoms with Crippen LogP contribution in [-0.2, 0) is 4.79 Å². The zero-order valence-corrected chi connectivity index (χ0v) is 13.0. The molecule has 0 spiro atoms. The topological polar surface area (TPSA) is 61.8 Å².